The van der Waals surface area contributed by atoms with Crippen molar-refractivity contribution in [2.24, 2.45) is 0 Å². The number of aryl methyl sites for hydroxylation is 1. The maximum Gasteiger partial charge on any atom is 0.220 e. The Morgan fingerprint density at radius 3 is 2.19 bits per heavy atom. The molecule has 0 spiro atoms. The van der Waals surface area contributed by atoms with E-state index in [-0.39, 0.29) is 28.9 Å². The summed E-state index contributed by atoms with van der Waals surface area (Å²) in [5, 5.41) is 13.9. The predicted molar refractivity (Wildman–Crippen MR) is 110 cm³/mol. The topological polar surface area (TPSA) is 58.6 Å². The molecule has 0 aliphatic carbocycles. The largest absolute Gasteiger partial charge is 0.507 e. The molecule has 2 rings (SSSR count). The standard InChI is InChI=1S/C23H37NO3/c1-15(19-9-8-12-27-19)24-20(25)11-10-16-13-17(22(2,3)4)21(26)18(14-16)23(5,6)7/h13-15,19,26H,8-12H2,1-7H3,(H,24,25). The molecule has 1 aromatic carbocycles. The molecule has 0 bridgehead atoms. The monoisotopic (exact) mass is 375 g/mol. The number of phenolic OH excluding ortho intramolecular Hbond substituents is 1. The van der Waals surface area contributed by atoms with Gasteiger partial charge in [-0.15, -0.1) is 0 Å². The van der Waals surface area contributed by atoms with Crippen molar-refractivity contribution in [2.75, 3.05) is 6.61 Å². The van der Waals surface area contributed by atoms with Crippen molar-refractivity contribution < 1.29 is 14.6 Å². The highest BCUT2D eigenvalue weighted by Gasteiger charge is 2.27. The van der Waals surface area contributed by atoms with Crippen LogP contribution in [0.15, 0.2) is 12.1 Å². The zero-order valence-corrected chi connectivity index (χ0v) is 18.1. The van der Waals surface area contributed by atoms with Crippen molar-refractivity contribution in [2.45, 2.75) is 97.1 Å². The highest BCUT2D eigenvalue weighted by Crippen LogP contribution is 2.39. The molecule has 4 nitrogen and oxygen atoms in total. The minimum atomic E-state index is -0.156. The number of amides is 1. The van der Waals surface area contributed by atoms with Gasteiger partial charge in [-0.05, 0) is 53.7 Å². The first kappa shape index (κ1) is 21.7. The second-order valence-corrected chi connectivity index (χ2v) is 9.95. The number of nitrogens with one attached hydrogen (secondary N) is 1. The second kappa shape index (κ2) is 8.22. The SMILES string of the molecule is CC(NC(=O)CCc1cc(C(C)(C)C)c(O)c(C(C)(C)C)c1)C1CCCO1. The molecule has 1 aliphatic rings. The number of carbonyl (C=O) groups is 1. The highest BCUT2D eigenvalue weighted by molar-refractivity contribution is 5.76. The summed E-state index contributed by atoms with van der Waals surface area (Å²) in [6.45, 7) is 15.4. The zero-order chi connectivity index (χ0) is 20.4. The van der Waals surface area contributed by atoms with E-state index in [2.05, 4.69) is 59.0 Å². The van der Waals surface area contributed by atoms with Gasteiger partial charge in [-0.2, -0.15) is 0 Å². The molecule has 2 N–H and O–H groups in total. The highest BCUT2D eigenvalue weighted by atomic mass is 16.5. The van der Waals surface area contributed by atoms with Crippen LogP contribution in [0.25, 0.3) is 0 Å². The Labute approximate surface area is 164 Å². The van der Waals surface area contributed by atoms with Gasteiger partial charge >= 0.3 is 0 Å². The Bertz CT molecular complexity index is 626. The lowest BCUT2D eigenvalue weighted by atomic mass is 9.78. The Hall–Kier alpha value is -1.55. The molecule has 1 fully saturated rings. The van der Waals surface area contributed by atoms with Crippen LogP contribution >= 0.6 is 0 Å². The molecule has 1 heterocycles. The van der Waals surface area contributed by atoms with E-state index in [1.807, 2.05) is 6.92 Å². The van der Waals surface area contributed by atoms with E-state index in [1.165, 1.54) is 0 Å². The molecule has 1 saturated heterocycles. The zero-order valence-electron chi connectivity index (χ0n) is 18.1. The summed E-state index contributed by atoms with van der Waals surface area (Å²) in [5.74, 6) is 0.441. The lowest BCUT2D eigenvalue weighted by Gasteiger charge is -2.28. The molecule has 1 aromatic rings. The Balaban J connectivity index is 2.12. The lowest BCUT2D eigenvalue weighted by Crippen LogP contribution is -2.40. The van der Waals surface area contributed by atoms with Gasteiger partial charge in [0.1, 0.15) is 5.75 Å². The minimum Gasteiger partial charge on any atom is -0.507 e. The van der Waals surface area contributed by atoms with Gasteiger partial charge in [0.25, 0.3) is 0 Å². The van der Waals surface area contributed by atoms with Gasteiger partial charge < -0.3 is 15.2 Å². The van der Waals surface area contributed by atoms with E-state index < -0.39 is 0 Å². The van der Waals surface area contributed by atoms with Gasteiger partial charge in [0.15, 0.2) is 0 Å². The van der Waals surface area contributed by atoms with Crippen molar-refractivity contribution >= 4 is 5.91 Å². The summed E-state index contributed by atoms with van der Waals surface area (Å²) in [6.07, 6.45) is 3.33. The average molecular weight is 376 g/mol. The molecule has 0 saturated carbocycles. The van der Waals surface area contributed by atoms with E-state index in [0.29, 0.717) is 18.6 Å². The quantitative estimate of drug-likeness (QED) is 0.790. The number of rotatable bonds is 5. The first-order valence-electron chi connectivity index (χ1n) is 10.2. The summed E-state index contributed by atoms with van der Waals surface area (Å²) in [6, 6.07) is 4.16. The van der Waals surface area contributed by atoms with Crippen molar-refractivity contribution in [3.05, 3.63) is 28.8 Å². The normalized spacial score (nSPS) is 19.1. The van der Waals surface area contributed by atoms with Gasteiger partial charge in [0.05, 0.1) is 12.1 Å². The fraction of sp³-hybridized carbons (Fsp3) is 0.696. The van der Waals surface area contributed by atoms with Gasteiger partial charge in [0.2, 0.25) is 5.91 Å². The fourth-order valence-electron chi connectivity index (χ4n) is 3.66. The van der Waals surface area contributed by atoms with Crippen LogP contribution in [0.2, 0.25) is 0 Å². The molecule has 2 atom stereocenters. The number of hydrogen-bond acceptors (Lipinski definition) is 3. The van der Waals surface area contributed by atoms with Crippen LogP contribution in [0, 0.1) is 0 Å². The molecular weight excluding hydrogens is 338 g/mol. The average Bonchev–Trinajstić information content (AvgIpc) is 3.06. The molecule has 0 radical (unpaired) electrons. The third-order valence-electron chi connectivity index (χ3n) is 5.34. The fourth-order valence-corrected chi connectivity index (χ4v) is 3.66. The third kappa shape index (κ3) is 5.71. The van der Waals surface area contributed by atoms with E-state index in [9.17, 15) is 9.90 Å². The van der Waals surface area contributed by atoms with E-state index in [0.717, 1.165) is 36.1 Å². The van der Waals surface area contributed by atoms with Gasteiger partial charge in [-0.3, -0.25) is 4.79 Å². The number of aromatic hydroxyl groups is 1. The van der Waals surface area contributed by atoms with Crippen molar-refractivity contribution in [1.82, 2.24) is 5.32 Å². The molecule has 27 heavy (non-hydrogen) atoms. The van der Waals surface area contributed by atoms with E-state index in [4.69, 9.17) is 4.74 Å². The van der Waals surface area contributed by atoms with Gasteiger partial charge in [-0.25, -0.2) is 0 Å². The van der Waals surface area contributed by atoms with Crippen molar-refractivity contribution in [1.29, 1.82) is 0 Å². The molecular formula is C23H37NO3. The number of carbonyl (C=O) groups excluding carboxylic acids is 1. The molecule has 1 aliphatic heterocycles. The maximum atomic E-state index is 12.4. The molecule has 2 unspecified atom stereocenters. The van der Waals surface area contributed by atoms with Crippen LogP contribution in [0.3, 0.4) is 0 Å². The number of phenols is 1. The summed E-state index contributed by atoms with van der Waals surface area (Å²) >= 11 is 0. The minimum absolute atomic E-state index is 0.0510. The molecule has 1 amide bonds. The van der Waals surface area contributed by atoms with E-state index >= 15 is 0 Å². The summed E-state index contributed by atoms with van der Waals surface area (Å²) in [7, 11) is 0. The van der Waals surface area contributed by atoms with Crippen LogP contribution < -0.4 is 5.32 Å². The third-order valence-corrected chi connectivity index (χ3v) is 5.34. The van der Waals surface area contributed by atoms with E-state index in [1.54, 1.807) is 0 Å². The summed E-state index contributed by atoms with van der Waals surface area (Å²) in [5.41, 5.74) is 2.67. The first-order chi connectivity index (χ1) is 12.4. The Morgan fingerprint density at radius 1 is 1.19 bits per heavy atom. The Kier molecular flexibility index (Phi) is 6.62. The number of ether oxygens (including phenoxy) is 1. The van der Waals surface area contributed by atoms with Crippen molar-refractivity contribution in [3.8, 4) is 5.75 Å². The predicted octanol–water partition coefficient (Wildman–Crippen LogP) is 4.60. The van der Waals surface area contributed by atoms with Crippen molar-refractivity contribution in [3.63, 3.8) is 0 Å². The lowest BCUT2D eigenvalue weighted by molar-refractivity contribution is -0.122. The van der Waals surface area contributed by atoms with Crippen LogP contribution in [0.5, 0.6) is 5.75 Å². The molecule has 0 aromatic heterocycles. The number of benzene rings is 1. The number of hydrogen-bond donors (Lipinski definition) is 2. The summed E-state index contributed by atoms with van der Waals surface area (Å²) < 4.78 is 5.66. The van der Waals surface area contributed by atoms with Crippen LogP contribution in [0.1, 0.15) is 84.4 Å². The summed E-state index contributed by atoms with van der Waals surface area (Å²) in [4.78, 5) is 12.4. The first-order valence-corrected chi connectivity index (χ1v) is 10.2. The van der Waals surface area contributed by atoms with Crippen LogP contribution in [-0.4, -0.2) is 29.8 Å². The van der Waals surface area contributed by atoms with Crippen LogP contribution in [0.4, 0.5) is 0 Å². The van der Waals surface area contributed by atoms with Gasteiger partial charge in [0, 0.05) is 13.0 Å². The van der Waals surface area contributed by atoms with Gasteiger partial charge in [-0.1, -0.05) is 53.7 Å². The van der Waals surface area contributed by atoms with Crippen LogP contribution in [-0.2, 0) is 26.8 Å². The second-order valence-electron chi connectivity index (χ2n) is 9.95. The smallest absolute Gasteiger partial charge is 0.220 e. The maximum absolute atomic E-state index is 12.4. The molecule has 152 valence electrons. The Morgan fingerprint density at radius 2 is 1.74 bits per heavy atom. The molecule has 4 heteroatoms.